The highest BCUT2D eigenvalue weighted by atomic mass is 19.1. The van der Waals surface area contributed by atoms with E-state index in [0.717, 1.165) is 18.7 Å². The van der Waals surface area contributed by atoms with Gasteiger partial charge in [0.2, 0.25) is 5.95 Å². The molecule has 0 saturated heterocycles. The number of rotatable bonds is 5. The van der Waals surface area contributed by atoms with Crippen molar-refractivity contribution in [1.29, 1.82) is 0 Å². The van der Waals surface area contributed by atoms with Gasteiger partial charge in [-0.1, -0.05) is 12.1 Å². The van der Waals surface area contributed by atoms with Gasteiger partial charge in [0, 0.05) is 31.4 Å². The first kappa shape index (κ1) is 18.4. The summed E-state index contributed by atoms with van der Waals surface area (Å²) in [6.07, 6.45) is 2.55. The summed E-state index contributed by atoms with van der Waals surface area (Å²) < 4.78 is 17.1. The molecule has 2 aromatic heterocycles. The maximum Gasteiger partial charge on any atom is 0.275 e. The minimum absolute atomic E-state index is 0.0877. The van der Waals surface area contributed by atoms with Crippen LogP contribution in [0.5, 0.6) is 0 Å². The lowest BCUT2D eigenvalue weighted by Gasteiger charge is -2.19. The molecule has 0 saturated carbocycles. The first-order valence-corrected chi connectivity index (χ1v) is 9.29. The fourth-order valence-corrected chi connectivity index (χ4v) is 3.43. The van der Waals surface area contributed by atoms with Crippen molar-refractivity contribution in [2.24, 2.45) is 5.73 Å². The van der Waals surface area contributed by atoms with Crippen molar-refractivity contribution in [3.05, 3.63) is 52.7 Å². The Kier molecular flexibility index (Phi) is 4.50. The number of aromatic nitrogens is 4. The summed E-state index contributed by atoms with van der Waals surface area (Å²) in [7, 11) is 0. The molecule has 0 atom stereocenters. The van der Waals surface area contributed by atoms with Gasteiger partial charge < -0.3 is 11.1 Å². The van der Waals surface area contributed by atoms with E-state index in [1.165, 1.54) is 12.1 Å². The number of fused-ring (bicyclic) bond motifs is 1. The first-order valence-electron chi connectivity index (χ1n) is 9.29. The minimum atomic E-state index is -0.410. The van der Waals surface area contributed by atoms with Crippen molar-refractivity contribution in [1.82, 2.24) is 19.3 Å². The molecule has 0 amide bonds. The zero-order valence-corrected chi connectivity index (χ0v) is 15.9. The molecule has 0 unspecified atom stereocenters. The maximum absolute atomic E-state index is 13.4. The monoisotopic (exact) mass is 382 g/mol. The molecule has 3 heterocycles. The van der Waals surface area contributed by atoms with E-state index in [1.54, 1.807) is 29.1 Å². The van der Waals surface area contributed by atoms with Gasteiger partial charge in [0.05, 0.1) is 17.0 Å². The Morgan fingerprint density at radius 2 is 1.89 bits per heavy atom. The molecule has 1 aliphatic heterocycles. The number of nitrogens with zero attached hydrogens (tertiary/aromatic N) is 4. The fourth-order valence-electron chi connectivity index (χ4n) is 3.43. The molecule has 3 aromatic rings. The quantitative estimate of drug-likeness (QED) is 0.707. The third kappa shape index (κ3) is 3.43. The number of nitrogens with one attached hydrogen (secondary N) is 1. The van der Waals surface area contributed by atoms with Gasteiger partial charge in [0.1, 0.15) is 5.82 Å². The summed E-state index contributed by atoms with van der Waals surface area (Å²) >= 11 is 0. The predicted molar refractivity (Wildman–Crippen MR) is 106 cm³/mol. The summed E-state index contributed by atoms with van der Waals surface area (Å²) in [5.41, 5.74) is 8.10. The normalized spacial score (nSPS) is 13.6. The molecule has 0 bridgehead atoms. The smallest absolute Gasteiger partial charge is 0.275 e. The van der Waals surface area contributed by atoms with E-state index in [-0.39, 0.29) is 11.4 Å². The van der Waals surface area contributed by atoms with Crippen LogP contribution in [0.25, 0.3) is 22.5 Å². The average molecular weight is 382 g/mol. The highest BCUT2D eigenvalue weighted by molar-refractivity contribution is 5.79. The number of anilines is 1. The topological polar surface area (TPSA) is 90.8 Å². The second-order valence-electron chi connectivity index (χ2n) is 7.74. The average Bonchev–Trinajstić information content (AvgIpc) is 3.23. The Morgan fingerprint density at radius 1 is 1.18 bits per heavy atom. The molecule has 4 rings (SSSR count). The van der Waals surface area contributed by atoms with Crippen molar-refractivity contribution < 1.29 is 4.39 Å². The van der Waals surface area contributed by atoms with Crippen molar-refractivity contribution in [2.75, 3.05) is 11.9 Å². The van der Waals surface area contributed by atoms with Crippen LogP contribution in [0.2, 0.25) is 0 Å². The van der Waals surface area contributed by atoms with Gasteiger partial charge in [-0.15, -0.1) is 0 Å². The van der Waals surface area contributed by atoms with Crippen LogP contribution in [-0.4, -0.2) is 31.4 Å². The van der Waals surface area contributed by atoms with Gasteiger partial charge in [-0.05, 0) is 44.0 Å². The molecule has 1 aliphatic rings. The minimum Gasteiger partial charge on any atom is -0.352 e. The van der Waals surface area contributed by atoms with Gasteiger partial charge in [0.25, 0.3) is 5.56 Å². The van der Waals surface area contributed by atoms with Gasteiger partial charge in [-0.25, -0.2) is 19.0 Å². The van der Waals surface area contributed by atoms with Crippen LogP contribution >= 0.6 is 0 Å². The lowest BCUT2D eigenvalue weighted by Crippen LogP contribution is -2.39. The van der Waals surface area contributed by atoms with Crippen molar-refractivity contribution in [3.8, 4) is 22.5 Å². The van der Waals surface area contributed by atoms with Crippen molar-refractivity contribution in [3.63, 3.8) is 0 Å². The third-order valence-corrected chi connectivity index (χ3v) is 4.71. The summed E-state index contributed by atoms with van der Waals surface area (Å²) in [5, 5.41) is 3.14. The molecule has 7 nitrogen and oxygen atoms in total. The van der Waals surface area contributed by atoms with Crippen LogP contribution < -0.4 is 16.6 Å². The van der Waals surface area contributed by atoms with Crippen LogP contribution in [-0.2, 0) is 13.1 Å². The molecular formula is C20H23FN6O. The molecule has 0 spiro atoms. The SMILES string of the molecule is CC(C)(N)CNc1nccc(-c2c(-c3ccc(F)cc3)c(=O)n3n2CCC3)n1. The molecule has 146 valence electrons. The Labute approximate surface area is 162 Å². The molecule has 3 N–H and O–H groups in total. The second kappa shape index (κ2) is 6.87. The van der Waals surface area contributed by atoms with Crippen LogP contribution in [0.15, 0.2) is 41.3 Å². The van der Waals surface area contributed by atoms with E-state index in [9.17, 15) is 9.18 Å². The largest absolute Gasteiger partial charge is 0.352 e. The third-order valence-electron chi connectivity index (χ3n) is 4.71. The lowest BCUT2D eigenvalue weighted by molar-refractivity contribution is 0.547. The fraction of sp³-hybridized carbons (Fsp3) is 0.350. The Morgan fingerprint density at radius 3 is 2.61 bits per heavy atom. The maximum atomic E-state index is 13.4. The van der Waals surface area contributed by atoms with Gasteiger partial charge in [0.15, 0.2) is 0 Å². The number of hydrogen-bond donors (Lipinski definition) is 2. The van der Waals surface area contributed by atoms with Crippen molar-refractivity contribution in [2.45, 2.75) is 38.9 Å². The number of benzene rings is 1. The Balaban J connectivity index is 1.83. The molecule has 1 aromatic carbocycles. The van der Waals surface area contributed by atoms with Crippen LogP contribution in [0.1, 0.15) is 20.3 Å². The first-order chi connectivity index (χ1) is 13.3. The van der Waals surface area contributed by atoms with Crippen LogP contribution in [0, 0.1) is 5.82 Å². The number of halogens is 1. The van der Waals surface area contributed by atoms with E-state index >= 15 is 0 Å². The highest BCUT2D eigenvalue weighted by Gasteiger charge is 2.26. The van der Waals surface area contributed by atoms with Crippen LogP contribution in [0.4, 0.5) is 10.3 Å². The zero-order chi connectivity index (χ0) is 19.9. The molecule has 8 heteroatoms. The molecule has 0 fully saturated rings. The van der Waals surface area contributed by atoms with Gasteiger partial charge in [-0.3, -0.25) is 9.48 Å². The van der Waals surface area contributed by atoms with E-state index in [1.807, 2.05) is 18.5 Å². The highest BCUT2D eigenvalue weighted by Crippen LogP contribution is 2.31. The summed E-state index contributed by atoms with van der Waals surface area (Å²) in [6.45, 7) is 5.72. The summed E-state index contributed by atoms with van der Waals surface area (Å²) in [4.78, 5) is 21.9. The van der Waals surface area contributed by atoms with E-state index in [0.29, 0.717) is 35.9 Å². The predicted octanol–water partition coefficient (Wildman–Crippen LogP) is 2.47. The summed E-state index contributed by atoms with van der Waals surface area (Å²) in [6, 6.07) is 7.77. The molecule has 28 heavy (non-hydrogen) atoms. The Bertz CT molecular complexity index is 1060. The standard InChI is InChI=1S/C20H23FN6O/c1-20(2,22)12-24-19-23-9-8-15(25-19)17-16(13-4-6-14(21)7-5-13)18(28)27-11-3-10-26(17)27/h4-9H,3,10-12,22H2,1-2H3,(H,23,24,25). The van der Waals surface area contributed by atoms with E-state index < -0.39 is 5.54 Å². The second-order valence-corrected chi connectivity index (χ2v) is 7.74. The van der Waals surface area contributed by atoms with Gasteiger partial charge >= 0.3 is 0 Å². The summed E-state index contributed by atoms with van der Waals surface area (Å²) in [5.74, 6) is 0.113. The lowest BCUT2D eigenvalue weighted by atomic mass is 10.0. The van der Waals surface area contributed by atoms with Crippen LogP contribution in [0.3, 0.4) is 0 Å². The van der Waals surface area contributed by atoms with E-state index in [2.05, 4.69) is 15.3 Å². The number of nitrogens with two attached hydrogens (primary N) is 1. The number of hydrogen-bond acceptors (Lipinski definition) is 5. The van der Waals surface area contributed by atoms with Crippen molar-refractivity contribution >= 4 is 5.95 Å². The van der Waals surface area contributed by atoms with Gasteiger partial charge in [-0.2, -0.15) is 0 Å². The molecule has 0 radical (unpaired) electrons. The molecular weight excluding hydrogens is 359 g/mol. The van der Waals surface area contributed by atoms with E-state index in [4.69, 9.17) is 5.73 Å². The molecule has 0 aliphatic carbocycles. The Hall–Kier alpha value is -3.00. The zero-order valence-electron chi connectivity index (χ0n) is 15.9.